The number of benzene rings is 2. The van der Waals surface area contributed by atoms with E-state index < -0.39 is 24.3 Å². The maximum absolute atomic E-state index is 14.8. The summed E-state index contributed by atoms with van der Waals surface area (Å²) in [6.45, 7) is 2.95. The SMILES string of the molecule is C[C@H](O)C(=O)N1CC[C@H](Oc2ccc(-c3ncnc(Nc4ccc(N5CCC[C@@H](O)C5)cc4)n3)cc2C#N)[C@@H](F)C1. The van der Waals surface area contributed by atoms with Gasteiger partial charge < -0.3 is 30.1 Å². The molecule has 0 spiro atoms. The number of alkyl halides is 1. The third-order valence-electron chi connectivity index (χ3n) is 7.24. The van der Waals surface area contributed by atoms with Crippen LogP contribution in [0, 0.1) is 11.3 Å². The molecule has 41 heavy (non-hydrogen) atoms. The van der Waals surface area contributed by atoms with E-state index in [0.29, 0.717) is 23.9 Å². The fraction of sp³-hybridized carbons (Fsp3) is 0.414. The Bertz CT molecular complexity index is 1420. The van der Waals surface area contributed by atoms with Crippen molar-refractivity contribution in [1.82, 2.24) is 19.9 Å². The molecule has 11 nitrogen and oxygen atoms in total. The van der Waals surface area contributed by atoms with E-state index in [4.69, 9.17) is 4.74 Å². The van der Waals surface area contributed by atoms with E-state index in [2.05, 4.69) is 31.2 Å². The first-order chi connectivity index (χ1) is 19.8. The van der Waals surface area contributed by atoms with Crippen molar-refractivity contribution in [2.45, 2.75) is 50.7 Å². The molecule has 4 atom stereocenters. The van der Waals surface area contributed by atoms with Crippen LogP contribution in [-0.4, -0.2) is 86.6 Å². The molecule has 3 heterocycles. The number of aliphatic hydroxyl groups is 2. The van der Waals surface area contributed by atoms with Gasteiger partial charge in [-0.1, -0.05) is 0 Å². The second-order valence-electron chi connectivity index (χ2n) is 10.3. The molecule has 12 heteroatoms. The lowest BCUT2D eigenvalue weighted by Gasteiger charge is -2.35. The van der Waals surface area contributed by atoms with Crippen LogP contribution in [-0.2, 0) is 4.79 Å². The third kappa shape index (κ3) is 6.70. The topological polar surface area (TPSA) is 148 Å². The first-order valence-corrected chi connectivity index (χ1v) is 13.6. The quantitative estimate of drug-likeness (QED) is 0.393. The van der Waals surface area contributed by atoms with Crippen LogP contribution in [0.1, 0.15) is 31.7 Å². The molecular formula is C29H32FN7O4. The predicted octanol–water partition coefficient (Wildman–Crippen LogP) is 2.81. The molecule has 5 rings (SSSR count). The lowest BCUT2D eigenvalue weighted by Crippen LogP contribution is -2.51. The van der Waals surface area contributed by atoms with E-state index >= 15 is 0 Å². The molecule has 0 bridgehead atoms. The minimum absolute atomic E-state index is 0.181. The normalized spacial score (nSPS) is 21.6. The number of β-amino-alcohol motifs (C(OH)–C–C–N with tert-alkyl or cyclic N) is 1. The Hall–Kier alpha value is -4.34. The summed E-state index contributed by atoms with van der Waals surface area (Å²) in [6, 6.07) is 14.7. The number of ether oxygens (including phenoxy) is 1. The Labute approximate surface area is 237 Å². The summed E-state index contributed by atoms with van der Waals surface area (Å²) in [4.78, 5) is 28.4. The minimum Gasteiger partial charge on any atom is -0.486 e. The number of aliphatic hydroxyl groups excluding tert-OH is 2. The number of nitriles is 1. The zero-order valence-corrected chi connectivity index (χ0v) is 22.7. The van der Waals surface area contributed by atoms with Gasteiger partial charge in [-0.05, 0) is 62.2 Å². The molecule has 0 unspecified atom stereocenters. The number of aromatic nitrogens is 3. The van der Waals surface area contributed by atoms with Crippen LogP contribution in [0.5, 0.6) is 5.75 Å². The van der Waals surface area contributed by atoms with Gasteiger partial charge in [0.2, 0.25) is 5.95 Å². The standard InChI is InChI=1S/C29H32FN7O4/c1-18(38)28(40)37-12-10-26(24(30)16-37)41-25-9-4-19(13-20(25)14-31)27-32-17-33-29(35-27)34-21-5-7-22(8-6-21)36-11-2-3-23(39)15-36/h4-9,13,17-18,23-24,26,38-39H,2-3,10-12,15-16H2,1H3,(H,32,33,34,35)/t18-,23+,24-,26-/m0/s1. The zero-order valence-electron chi connectivity index (χ0n) is 22.7. The number of carbonyl (C=O) groups excluding carboxylic acids is 1. The molecule has 2 aromatic carbocycles. The second-order valence-corrected chi connectivity index (χ2v) is 10.3. The number of amides is 1. The summed E-state index contributed by atoms with van der Waals surface area (Å²) in [7, 11) is 0. The number of carbonyl (C=O) groups is 1. The number of hydrogen-bond acceptors (Lipinski definition) is 10. The van der Waals surface area contributed by atoms with Gasteiger partial charge in [0.05, 0.1) is 18.2 Å². The molecule has 2 aliphatic rings. The largest absolute Gasteiger partial charge is 0.486 e. The summed E-state index contributed by atoms with van der Waals surface area (Å²) in [5, 5.41) is 32.4. The fourth-order valence-corrected chi connectivity index (χ4v) is 5.07. The maximum atomic E-state index is 14.8. The molecule has 1 aromatic heterocycles. The predicted molar refractivity (Wildman–Crippen MR) is 149 cm³/mol. The Morgan fingerprint density at radius 1 is 1.17 bits per heavy atom. The van der Waals surface area contributed by atoms with E-state index in [9.17, 15) is 24.7 Å². The molecule has 0 aliphatic carbocycles. The summed E-state index contributed by atoms with van der Waals surface area (Å²) in [5.41, 5.74) is 2.58. The monoisotopic (exact) mass is 561 g/mol. The molecule has 3 N–H and O–H groups in total. The molecule has 1 amide bonds. The molecule has 0 radical (unpaired) electrons. The number of nitrogens with one attached hydrogen (secondary N) is 1. The number of nitrogens with zero attached hydrogens (tertiary/aromatic N) is 6. The summed E-state index contributed by atoms with van der Waals surface area (Å²) < 4.78 is 20.7. The van der Waals surface area contributed by atoms with Crippen LogP contribution in [0.4, 0.5) is 21.7 Å². The van der Waals surface area contributed by atoms with Crippen molar-refractivity contribution in [3.63, 3.8) is 0 Å². The van der Waals surface area contributed by atoms with E-state index in [1.807, 2.05) is 24.3 Å². The van der Waals surface area contributed by atoms with Gasteiger partial charge in [0, 0.05) is 43.0 Å². The summed E-state index contributed by atoms with van der Waals surface area (Å²) in [6.07, 6.45) is -0.394. The highest BCUT2D eigenvalue weighted by Gasteiger charge is 2.34. The van der Waals surface area contributed by atoms with Gasteiger partial charge in [0.1, 0.15) is 30.4 Å². The van der Waals surface area contributed by atoms with Crippen molar-refractivity contribution in [3.05, 3.63) is 54.4 Å². The number of hydrogen-bond donors (Lipinski definition) is 3. The highest BCUT2D eigenvalue weighted by Crippen LogP contribution is 2.29. The lowest BCUT2D eigenvalue weighted by atomic mass is 10.0. The van der Waals surface area contributed by atoms with E-state index in [1.54, 1.807) is 18.2 Å². The Morgan fingerprint density at radius 3 is 2.68 bits per heavy atom. The van der Waals surface area contributed by atoms with Crippen LogP contribution in [0.2, 0.25) is 0 Å². The van der Waals surface area contributed by atoms with Crippen molar-refractivity contribution in [2.75, 3.05) is 36.4 Å². The average Bonchev–Trinajstić information content (AvgIpc) is 2.98. The fourth-order valence-electron chi connectivity index (χ4n) is 5.07. The zero-order chi connectivity index (χ0) is 28.9. The van der Waals surface area contributed by atoms with Crippen LogP contribution in [0.15, 0.2) is 48.8 Å². The van der Waals surface area contributed by atoms with Crippen molar-refractivity contribution < 1.29 is 24.1 Å². The van der Waals surface area contributed by atoms with Crippen LogP contribution >= 0.6 is 0 Å². The second kappa shape index (κ2) is 12.4. The van der Waals surface area contributed by atoms with Crippen molar-refractivity contribution >= 4 is 23.2 Å². The average molecular weight is 562 g/mol. The molecule has 2 aliphatic heterocycles. The number of likely N-dealkylation sites (tertiary alicyclic amines) is 1. The van der Waals surface area contributed by atoms with Gasteiger partial charge >= 0.3 is 0 Å². The number of halogens is 1. The summed E-state index contributed by atoms with van der Waals surface area (Å²) in [5.74, 6) is 0.383. The maximum Gasteiger partial charge on any atom is 0.251 e. The Kier molecular flexibility index (Phi) is 8.56. The summed E-state index contributed by atoms with van der Waals surface area (Å²) >= 11 is 0. The lowest BCUT2D eigenvalue weighted by molar-refractivity contribution is -0.143. The molecule has 0 saturated carbocycles. The first kappa shape index (κ1) is 28.2. The third-order valence-corrected chi connectivity index (χ3v) is 7.24. The Balaban J connectivity index is 1.25. The highest BCUT2D eigenvalue weighted by atomic mass is 19.1. The molecule has 2 saturated heterocycles. The van der Waals surface area contributed by atoms with E-state index in [0.717, 1.165) is 30.8 Å². The van der Waals surface area contributed by atoms with Crippen LogP contribution < -0.4 is 15.0 Å². The van der Waals surface area contributed by atoms with Gasteiger partial charge in [0.25, 0.3) is 5.91 Å². The van der Waals surface area contributed by atoms with Gasteiger partial charge in [-0.3, -0.25) is 4.79 Å². The number of anilines is 3. The smallest absolute Gasteiger partial charge is 0.251 e. The van der Waals surface area contributed by atoms with E-state index in [-0.39, 0.29) is 36.9 Å². The van der Waals surface area contributed by atoms with Crippen molar-refractivity contribution in [3.8, 4) is 23.2 Å². The molecule has 3 aromatic rings. The van der Waals surface area contributed by atoms with Gasteiger partial charge in [-0.15, -0.1) is 0 Å². The van der Waals surface area contributed by atoms with Gasteiger partial charge in [-0.25, -0.2) is 14.4 Å². The first-order valence-electron chi connectivity index (χ1n) is 13.6. The van der Waals surface area contributed by atoms with Gasteiger partial charge in [0.15, 0.2) is 12.0 Å². The molecular weight excluding hydrogens is 529 g/mol. The highest BCUT2D eigenvalue weighted by molar-refractivity contribution is 5.80. The van der Waals surface area contributed by atoms with Crippen molar-refractivity contribution in [2.24, 2.45) is 0 Å². The minimum atomic E-state index is -1.46. The van der Waals surface area contributed by atoms with Gasteiger partial charge in [-0.2, -0.15) is 10.2 Å². The number of piperidine rings is 2. The number of rotatable bonds is 7. The Morgan fingerprint density at radius 2 is 1.98 bits per heavy atom. The van der Waals surface area contributed by atoms with E-state index in [1.165, 1.54) is 18.2 Å². The van der Waals surface area contributed by atoms with Crippen molar-refractivity contribution in [1.29, 1.82) is 5.26 Å². The molecule has 2 fully saturated rings. The van der Waals surface area contributed by atoms with Crippen LogP contribution in [0.25, 0.3) is 11.4 Å². The molecule has 214 valence electrons. The van der Waals surface area contributed by atoms with Crippen LogP contribution in [0.3, 0.4) is 0 Å².